The van der Waals surface area contributed by atoms with Gasteiger partial charge in [0.15, 0.2) is 0 Å². The summed E-state index contributed by atoms with van der Waals surface area (Å²) in [6.07, 6.45) is 4.82. The first-order valence-electron chi connectivity index (χ1n) is 11.7. The Labute approximate surface area is 202 Å². The van der Waals surface area contributed by atoms with Gasteiger partial charge in [-0.1, -0.05) is 17.3 Å². The lowest BCUT2D eigenvalue weighted by molar-refractivity contribution is 0.0793. The van der Waals surface area contributed by atoms with Gasteiger partial charge in [0.25, 0.3) is 5.91 Å². The smallest absolute Gasteiger partial charge is 0.253 e. The summed E-state index contributed by atoms with van der Waals surface area (Å²) in [5, 5.41) is 8.36. The van der Waals surface area contributed by atoms with Gasteiger partial charge in [0.1, 0.15) is 11.3 Å². The van der Waals surface area contributed by atoms with Gasteiger partial charge >= 0.3 is 0 Å². The standard InChI is InChI=1S/C24H27FN6O3S/c25-18(8-9-26)15-31-22-14-17(24(32)30-10-1-2-11-30)13-21(23(22)27-29-31)16-4-3-5-20(12-16)35(33,34)28-19-6-7-19/h3-5,8,12-14,19,28H,1-2,6-7,9-11,15,26H2/b18-8-. The topological polar surface area (TPSA) is 123 Å². The number of hydrogen-bond acceptors (Lipinski definition) is 6. The van der Waals surface area contributed by atoms with Crippen molar-refractivity contribution in [2.75, 3.05) is 19.6 Å². The summed E-state index contributed by atoms with van der Waals surface area (Å²) in [6.45, 7) is 1.24. The molecule has 0 spiro atoms. The third kappa shape index (κ3) is 4.97. The van der Waals surface area contributed by atoms with Crippen molar-refractivity contribution >= 4 is 27.0 Å². The first kappa shape index (κ1) is 23.6. The number of halogens is 1. The van der Waals surface area contributed by atoms with Crippen LogP contribution in [0.4, 0.5) is 4.39 Å². The van der Waals surface area contributed by atoms with E-state index in [2.05, 4.69) is 15.0 Å². The van der Waals surface area contributed by atoms with Gasteiger partial charge in [-0.15, -0.1) is 5.10 Å². The molecular formula is C24H27FN6O3S. The predicted molar refractivity (Wildman–Crippen MR) is 130 cm³/mol. The Kier molecular flexibility index (Phi) is 6.39. The first-order chi connectivity index (χ1) is 16.9. The molecule has 1 aromatic heterocycles. The van der Waals surface area contributed by atoms with Gasteiger partial charge in [-0.2, -0.15) is 0 Å². The van der Waals surface area contributed by atoms with Crippen LogP contribution in [0.5, 0.6) is 0 Å². The number of carbonyl (C=O) groups excluding carboxylic acids is 1. The van der Waals surface area contributed by atoms with Crippen LogP contribution in [0.15, 0.2) is 53.2 Å². The van der Waals surface area contributed by atoms with Gasteiger partial charge in [0.2, 0.25) is 10.0 Å². The molecule has 35 heavy (non-hydrogen) atoms. The van der Waals surface area contributed by atoms with Crippen LogP contribution in [0.1, 0.15) is 36.0 Å². The molecule has 2 heterocycles. The normalized spacial score (nSPS) is 16.9. The Balaban J connectivity index is 1.62. The highest BCUT2D eigenvalue weighted by atomic mass is 32.2. The lowest BCUT2D eigenvalue weighted by Gasteiger charge is -2.16. The number of fused-ring (bicyclic) bond motifs is 1. The third-order valence-electron chi connectivity index (χ3n) is 6.26. The highest BCUT2D eigenvalue weighted by Crippen LogP contribution is 2.32. The fourth-order valence-corrected chi connectivity index (χ4v) is 5.64. The summed E-state index contributed by atoms with van der Waals surface area (Å²) in [5.41, 5.74) is 7.91. The number of allylic oxidation sites excluding steroid dienone is 1. The van der Waals surface area contributed by atoms with E-state index in [4.69, 9.17) is 5.73 Å². The molecule has 5 rings (SSSR count). The Morgan fingerprint density at radius 2 is 1.97 bits per heavy atom. The summed E-state index contributed by atoms with van der Waals surface area (Å²) in [6, 6.07) is 9.90. The lowest BCUT2D eigenvalue weighted by atomic mass is 10.0. The van der Waals surface area contributed by atoms with E-state index in [1.54, 1.807) is 35.2 Å². The number of hydrogen-bond donors (Lipinski definition) is 2. The van der Waals surface area contributed by atoms with E-state index in [1.807, 2.05) is 0 Å². The quantitative estimate of drug-likeness (QED) is 0.492. The number of carbonyl (C=O) groups is 1. The molecule has 1 saturated heterocycles. The minimum atomic E-state index is -3.67. The second kappa shape index (κ2) is 9.48. The molecule has 1 amide bonds. The SMILES string of the molecule is NC/C=C(\F)Cn1nnc2c(-c3cccc(S(=O)(=O)NC4CC4)c3)cc(C(=O)N3CCCC3)cc21. The van der Waals surface area contributed by atoms with E-state index in [0.717, 1.165) is 25.7 Å². The number of nitrogens with zero attached hydrogens (tertiary/aromatic N) is 4. The Morgan fingerprint density at radius 1 is 1.20 bits per heavy atom. The average molecular weight is 499 g/mol. The summed E-state index contributed by atoms with van der Waals surface area (Å²) in [7, 11) is -3.67. The van der Waals surface area contributed by atoms with Crippen LogP contribution in [-0.4, -0.2) is 59.9 Å². The zero-order valence-electron chi connectivity index (χ0n) is 19.2. The molecule has 0 unspecified atom stereocenters. The van der Waals surface area contributed by atoms with Gasteiger partial charge in [-0.3, -0.25) is 4.79 Å². The number of rotatable bonds is 8. The van der Waals surface area contributed by atoms with Crippen LogP contribution in [0.3, 0.4) is 0 Å². The number of amides is 1. The third-order valence-corrected chi connectivity index (χ3v) is 7.77. The number of sulfonamides is 1. The fourth-order valence-electron chi connectivity index (χ4n) is 4.29. The Hall–Kier alpha value is -3.15. The average Bonchev–Trinajstić information content (AvgIpc) is 3.31. The minimum Gasteiger partial charge on any atom is -0.339 e. The molecule has 2 aliphatic rings. The van der Waals surface area contributed by atoms with Crippen LogP contribution < -0.4 is 10.5 Å². The molecular weight excluding hydrogens is 471 g/mol. The fraction of sp³-hybridized carbons (Fsp3) is 0.375. The highest BCUT2D eigenvalue weighted by molar-refractivity contribution is 7.89. The molecule has 1 aliphatic carbocycles. The Morgan fingerprint density at radius 3 is 2.69 bits per heavy atom. The number of nitrogens with one attached hydrogen (secondary N) is 1. The molecule has 1 saturated carbocycles. The summed E-state index contributed by atoms with van der Waals surface area (Å²) >= 11 is 0. The molecule has 11 heteroatoms. The van der Waals surface area contributed by atoms with Crippen molar-refractivity contribution in [2.24, 2.45) is 5.73 Å². The zero-order valence-corrected chi connectivity index (χ0v) is 20.0. The molecule has 9 nitrogen and oxygen atoms in total. The molecule has 2 fully saturated rings. The molecule has 3 N–H and O–H groups in total. The van der Waals surface area contributed by atoms with Crippen LogP contribution in [-0.2, 0) is 16.6 Å². The molecule has 2 aromatic carbocycles. The van der Waals surface area contributed by atoms with Crippen LogP contribution in [0, 0.1) is 0 Å². The Bertz CT molecular complexity index is 1410. The summed E-state index contributed by atoms with van der Waals surface area (Å²) < 4.78 is 43.9. The van der Waals surface area contributed by atoms with Crippen molar-refractivity contribution < 1.29 is 17.6 Å². The van der Waals surface area contributed by atoms with Crippen molar-refractivity contribution in [3.8, 4) is 11.1 Å². The molecule has 1 aliphatic heterocycles. The minimum absolute atomic E-state index is 0.0202. The first-order valence-corrected chi connectivity index (χ1v) is 13.2. The van der Waals surface area contributed by atoms with E-state index < -0.39 is 15.9 Å². The lowest BCUT2D eigenvalue weighted by Crippen LogP contribution is -2.27. The summed E-state index contributed by atoms with van der Waals surface area (Å²) in [5.74, 6) is -0.591. The van der Waals surface area contributed by atoms with Crippen LogP contribution >= 0.6 is 0 Å². The van der Waals surface area contributed by atoms with E-state index >= 15 is 0 Å². The maximum absolute atomic E-state index is 14.3. The molecule has 0 bridgehead atoms. The summed E-state index contributed by atoms with van der Waals surface area (Å²) in [4.78, 5) is 15.2. The van der Waals surface area contributed by atoms with Crippen molar-refractivity contribution in [3.05, 3.63) is 53.9 Å². The molecule has 0 atom stereocenters. The van der Waals surface area contributed by atoms with Gasteiger partial charge in [-0.05, 0) is 61.6 Å². The van der Waals surface area contributed by atoms with Gasteiger partial charge in [-0.25, -0.2) is 22.2 Å². The van der Waals surface area contributed by atoms with Crippen molar-refractivity contribution in [2.45, 2.75) is 43.2 Å². The van der Waals surface area contributed by atoms with E-state index in [0.29, 0.717) is 40.8 Å². The molecule has 184 valence electrons. The monoisotopic (exact) mass is 498 g/mol. The maximum Gasteiger partial charge on any atom is 0.253 e. The van der Waals surface area contributed by atoms with Crippen LogP contribution in [0.2, 0.25) is 0 Å². The second-order valence-electron chi connectivity index (χ2n) is 8.95. The molecule has 3 aromatic rings. The number of benzene rings is 2. The van der Waals surface area contributed by atoms with Gasteiger partial charge in [0.05, 0.1) is 17.0 Å². The number of nitrogens with two attached hydrogens (primary N) is 1. The van der Waals surface area contributed by atoms with Gasteiger partial charge in [0, 0.05) is 36.8 Å². The van der Waals surface area contributed by atoms with Crippen molar-refractivity contribution in [3.63, 3.8) is 0 Å². The zero-order chi connectivity index (χ0) is 24.6. The van der Waals surface area contributed by atoms with E-state index in [9.17, 15) is 17.6 Å². The van der Waals surface area contributed by atoms with E-state index in [1.165, 1.54) is 16.8 Å². The number of likely N-dealkylation sites (tertiary alicyclic amines) is 1. The predicted octanol–water partition coefficient (Wildman–Crippen LogP) is 2.59. The van der Waals surface area contributed by atoms with Crippen molar-refractivity contribution in [1.82, 2.24) is 24.6 Å². The van der Waals surface area contributed by atoms with Crippen LogP contribution in [0.25, 0.3) is 22.2 Å². The highest BCUT2D eigenvalue weighted by Gasteiger charge is 2.28. The second-order valence-corrected chi connectivity index (χ2v) is 10.7. The van der Waals surface area contributed by atoms with E-state index in [-0.39, 0.29) is 29.9 Å². The maximum atomic E-state index is 14.3. The number of aromatic nitrogens is 3. The van der Waals surface area contributed by atoms with Gasteiger partial charge < -0.3 is 10.6 Å². The largest absolute Gasteiger partial charge is 0.339 e. The molecule has 0 radical (unpaired) electrons. The van der Waals surface area contributed by atoms with Crippen molar-refractivity contribution in [1.29, 1.82) is 0 Å².